The molecule has 0 aliphatic carbocycles. The second-order valence-corrected chi connectivity index (χ2v) is 6.61. The molecule has 0 unspecified atom stereocenters. The van der Waals surface area contributed by atoms with Crippen LogP contribution in [0.5, 0.6) is 0 Å². The van der Waals surface area contributed by atoms with Gasteiger partial charge in [0.25, 0.3) is 5.91 Å². The number of amides is 1. The van der Waals surface area contributed by atoms with Crippen LogP contribution >= 0.6 is 0 Å². The first kappa shape index (κ1) is 16.0. The molecule has 1 heterocycles. The van der Waals surface area contributed by atoms with E-state index < -0.39 is 0 Å². The van der Waals surface area contributed by atoms with Crippen molar-refractivity contribution < 1.29 is 14.6 Å². The Labute approximate surface area is 127 Å². The maximum atomic E-state index is 11.3. The van der Waals surface area contributed by atoms with Crippen molar-refractivity contribution in [2.45, 2.75) is 39.3 Å². The number of hydrogen-bond donors (Lipinski definition) is 3. The zero-order valence-corrected chi connectivity index (χ0v) is 13.5. The first-order valence-electron chi connectivity index (χ1n) is 8.03. The Bertz CT molecular complexity index is 461. The summed E-state index contributed by atoms with van der Waals surface area (Å²) in [6.07, 6.45) is 0. The van der Waals surface area contributed by atoms with Crippen molar-refractivity contribution in [3.05, 3.63) is 35.4 Å². The van der Waals surface area contributed by atoms with Gasteiger partial charge in [-0.1, -0.05) is 38.1 Å². The van der Waals surface area contributed by atoms with E-state index in [0.29, 0.717) is 5.92 Å². The monoisotopic (exact) mass is 291 g/mol. The molecule has 1 aliphatic heterocycles. The zero-order valence-electron chi connectivity index (χ0n) is 13.5. The van der Waals surface area contributed by atoms with Crippen LogP contribution in [0, 0.1) is 0 Å². The van der Waals surface area contributed by atoms with Crippen molar-refractivity contribution in [1.29, 1.82) is 0 Å². The van der Waals surface area contributed by atoms with Gasteiger partial charge in [-0.05, 0) is 18.4 Å². The molecule has 4 nitrogen and oxygen atoms in total. The largest absolute Gasteiger partial charge is 0.365 e. The van der Waals surface area contributed by atoms with E-state index in [0.717, 1.165) is 32.7 Å². The molecule has 1 atom stereocenters. The third-order valence-corrected chi connectivity index (χ3v) is 4.74. The highest BCUT2D eigenvalue weighted by atomic mass is 16.1. The molecular formula is C17H29N3O+2. The van der Waals surface area contributed by atoms with Gasteiger partial charge in [-0.3, -0.25) is 4.79 Å². The van der Waals surface area contributed by atoms with Crippen molar-refractivity contribution >= 4 is 5.91 Å². The number of carbonyl (C=O) groups excluding carboxylic acids is 1. The van der Waals surface area contributed by atoms with E-state index in [9.17, 15) is 4.79 Å². The number of hydrogen-bond acceptors (Lipinski definition) is 1. The highest BCUT2D eigenvalue weighted by molar-refractivity contribution is 5.77. The Balaban J connectivity index is 1.84. The first-order chi connectivity index (χ1) is 9.97. The first-order valence-corrected chi connectivity index (χ1v) is 8.03. The quantitative estimate of drug-likeness (QED) is 0.638. The summed E-state index contributed by atoms with van der Waals surface area (Å²) in [6, 6.07) is 8.95. The van der Waals surface area contributed by atoms with E-state index in [1.807, 2.05) is 6.92 Å². The van der Waals surface area contributed by atoms with Gasteiger partial charge in [0, 0.05) is 5.56 Å². The van der Waals surface area contributed by atoms with Gasteiger partial charge in [0.2, 0.25) is 0 Å². The Kier molecular flexibility index (Phi) is 5.37. The van der Waals surface area contributed by atoms with E-state index in [4.69, 9.17) is 5.73 Å². The summed E-state index contributed by atoms with van der Waals surface area (Å²) in [4.78, 5) is 14.2. The van der Waals surface area contributed by atoms with Crippen LogP contribution in [-0.4, -0.2) is 38.1 Å². The van der Waals surface area contributed by atoms with Gasteiger partial charge in [0.1, 0.15) is 32.7 Å². The fourth-order valence-electron chi connectivity index (χ4n) is 3.04. The van der Waals surface area contributed by atoms with Crippen LogP contribution < -0.4 is 15.5 Å². The lowest BCUT2D eigenvalue weighted by Crippen LogP contribution is -3.29. The molecule has 0 bridgehead atoms. The second kappa shape index (κ2) is 7.05. The van der Waals surface area contributed by atoms with Crippen molar-refractivity contribution in [1.82, 2.24) is 0 Å². The lowest BCUT2D eigenvalue weighted by molar-refractivity contribution is -1.02. The lowest BCUT2D eigenvalue weighted by Gasteiger charge is -2.32. The second-order valence-electron chi connectivity index (χ2n) is 6.61. The topological polar surface area (TPSA) is 52.0 Å². The number of benzene rings is 1. The Morgan fingerprint density at radius 2 is 1.67 bits per heavy atom. The zero-order chi connectivity index (χ0) is 15.4. The fraction of sp³-hybridized carbons (Fsp3) is 0.588. The summed E-state index contributed by atoms with van der Waals surface area (Å²) in [5, 5.41) is 0. The number of primary amides is 1. The van der Waals surface area contributed by atoms with Gasteiger partial charge in [-0.15, -0.1) is 0 Å². The normalized spacial score (nSPS) is 24.0. The number of quaternary nitrogens is 2. The number of piperazine rings is 1. The molecule has 1 aromatic carbocycles. The van der Waals surface area contributed by atoms with E-state index in [1.54, 1.807) is 4.90 Å². The smallest absolute Gasteiger partial charge is 0.275 e. The van der Waals surface area contributed by atoms with Crippen molar-refractivity contribution in [3.8, 4) is 0 Å². The van der Waals surface area contributed by atoms with Crippen LogP contribution in [0.2, 0.25) is 0 Å². The number of carbonyl (C=O) groups is 1. The van der Waals surface area contributed by atoms with Crippen LogP contribution in [0.3, 0.4) is 0 Å². The highest BCUT2D eigenvalue weighted by Gasteiger charge is 2.29. The molecular weight excluding hydrogens is 262 g/mol. The van der Waals surface area contributed by atoms with Crippen LogP contribution in [0.25, 0.3) is 0 Å². The summed E-state index contributed by atoms with van der Waals surface area (Å²) in [6.45, 7) is 11.7. The average Bonchev–Trinajstić information content (AvgIpc) is 2.47. The summed E-state index contributed by atoms with van der Waals surface area (Å²) < 4.78 is 0. The van der Waals surface area contributed by atoms with Crippen molar-refractivity contribution in [2.75, 3.05) is 26.2 Å². The van der Waals surface area contributed by atoms with Gasteiger partial charge in [-0.25, -0.2) is 0 Å². The van der Waals surface area contributed by atoms with Crippen LogP contribution in [0.4, 0.5) is 0 Å². The summed E-state index contributed by atoms with van der Waals surface area (Å²) in [7, 11) is 0. The van der Waals surface area contributed by atoms with E-state index >= 15 is 0 Å². The van der Waals surface area contributed by atoms with Gasteiger partial charge in [0.05, 0.1) is 0 Å². The molecule has 1 aliphatic rings. The highest BCUT2D eigenvalue weighted by Crippen LogP contribution is 2.14. The minimum absolute atomic E-state index is 0.0584. The minimum Gasteiger partial charge on any atom is -0.365 e. The molecule has 4 N–H and O–H groups in total. The molecule has 21 heavy (non-hydrogen) atoms. The van der Waals surface area contributed by atoms with Crippen LogP contribution in [0.15, 0.2) is 24.3 Å². The van der Waals surface area contributed by atoms with Crippen LogP contribution in [0.1, 0.15) is 37.8 Å². The predicted octanol–water partition coefficient (Wildman–Crippen LogP) is -1.03. The van der Waals surface area contributed by atoms with Crippen molar-refractivity contribution in [2.24, 2.45) is 5.73 Å². The van der Waals surface area contributed by atoms with E-state index in [-0.39, 0.29) is 11.9 Å². The molecule has 0 radical (unpaired) electrons. The van der Waals surface area contributed by atoms with Crippen LogP contribution in [-0.2, 0) is 11.3 Å². The maximum Gasteiger partial charge on any atom is 0.275 e. The molecule has 0 aromatic heterocycles. The van der Waals surface area contributed by atoms with E-state index in [1.165, 1.54) is 16.0 Å². The minimum atomic E-state index is -0.183. The molecule has 116 valence electrons. The average molecular weight is 291 g/mol. The Hall–Kier alpha value is -1.39. The third kappa shape index (κ3) is 4.29. The molecule has 1 aromatic rings. The Morgan fingerprint density at radius 1 is 1.10 bits per heavy atom. The molecule has 1 saturated heterocycles. The molecule has 0 saturated carbocycles. The molecule has 4 heteroatoms. The van der Waals surface area contributed by atoms with Gasteiger partial charge < -0.3 is 15.5 Å². The summed E-state index contributed by atoms with van der Waals surface area (Å²) in [5.41, 5.74) is 8.20. The standard InChI is InChI=1S/C17H27N3O/c1-13(2)16-6-4-15(5-7-16)12-19-8-10-20(11-9-19)14(3)17(18)21/h4-7,13-14H,8-12H2,1-3H3,(H2,18,21)/p+2/t14-/m0/s1. The SMILES string of the molecule is CC(C)c1ccc(C[NH+]2CC[NH+]([C@@H](C)C(N)=O)CC2)cc1. The van der Waals surface area contributed by atoms with Crippen molar-refractivity contribution in [3.63, 3.8) is 0 Å². The predicted molar refractivity (Wildman–Crippen MR) is 84.3 cm³/mol. The molecule has 1 fully saturated rings. The third-order valence-electron chi connectivity index (χ3n) is 4.74. The lowest BCUT2D eigenvalue weighted by atomic mass is 10.0. The summed E-state index contributed by atoms with van der Waals surface area (Å²) >= 11 is 0. The number of nitrogens with two attached hydrogens (primary N) is 1. The van der Waals surface area contributed by atoms with Gasteiger partial charge >= 0.3 is 0 Å². The maximum absolute atomic E-state index is 11.3. The molecule has 2 rings (SSSR count). The molecule has 0 spiro atoms. The number of rotatable bonds is 5. The fourth-order valence-corrected chi connectivity index (χ4v) is 3.04. The van der Waals surface area contributed by atoms with Gasteiger partial charge in [0.15, 0.2) is 6.04 Å². The molecule has 1 amide bonds. The summed E-state index contributed by atoms with van der Waals surface area (Å²) in [5.74, 6) is 0.409. The number of nitrogens with one attached hydrogen (secondary N) is 2. The Morgan fingerprint density at radius 3 is 2.14 bits per heavy atom. The van der Waals surface area contributed by atoms with E-state index in [2.05, 4.69) is 38.1 Å². The van der Waals surface area contributed by atoms with Gasteiger partial charge in [-0.2, -0.15) is 0 Å².